The van der Waals surface area contributed by atoms with Crippen molar-refractivity contribution in [3.8, 4) is 5.69 Å². The van der Waals surface area contributed by atoms with E-state index in [1.165, 1.54) is 0 Å². The predicted octanol–water partition coefficient (Wildman–Crippen LogP) is 2.78. The quantitative estimate of drug-likeness (QED) is 0.810. The van der Waals surface area contributed by atoms with Crippen LogP contribution in [0.1, 0.15) is 5.69 Å². The van der Waals surface area contributed by atoms with E-state index in [4.69, 9.17) is 11.6 Å². The van der Waals surface area contributed by atoms with Crippen molar-refractivity contribution in [3.63, 3.8) is 0 Å². The average molecular weight is 327 g/mol. The molecular formula is C14H20ClN4OP. The molecule has 0 bridgehead atoms. The Morgan fingerprint density at radius 3 is 2.10 bits per heavy atom. The van der Waals surface area contributed by atoms with Crippen LogP contribution in [0.5, 0.6) is 0 Å². The minimum absolute atomic E-state index is 0.393. The Balaban J connectivity index is 2.68. The number of hydrogen-bond acceptors (Lipinski definition) is 2. The summed E-state index contributed by atoms with van der Waals surface area (Å²) in [6.07, 6.45) is 0. The zero-order chi connectivity index (χ0) is 15.8. The van der Waals surface area contributed by atoms with Gasteiger partial charge in [0.1, 0.15) is 10.5 Å². The molecule has 0 aliphatic carbocycles. The molecular weight excluding hydrogens is 307 g/mol. The van der Waals surface area contributed by atoms with Crippen molar-refractivity contribution < 1.29 is 4.57 Å². The van der Waals surface area contributed by atoms with Crippen molar-refractivity contribution in [1.82, 2.24) is 19.1 Å². The summed E-state index contributed by atoms with van der Waals surface area (Å²) in [5.74, 6) is 0. The second kappa shape index (κ2) is 5.93. The minimum Gasteiger partial charge on any atom is -0.283 e. The first-order valence-electron chi connectivity index (χ1n) is 6.57. The number of benzene rings is 1. The molecule has 2 aromatic rings. The van der Waals surface area contributed by atoms with E-state index >= 15 is 0 Å². The molecule has 0 atom stereocenters. The van der Waals surface area contributed by atoms with E-state index in [0.717, 1.165) is 5.69 Å². The molecule has 0 saturated carbocycles. The first kappa shape index (κ1) is 16.2. The molecule has 1 heterocycles. The number of nitrogens with zero attached hydrogens (tertiary/aromatic N) is 4. The molecule has 0 radical (unpaired) electrons. The Morgan fingerprint density at radius 2 is 1.62 bits per heavy atom. The van der Waals surface area contributed by atoms with Gasteiger partial charge in [0.15, 0.2) is 0 Å². The second-order valence-corrected chi connectivity index (χ2v) is 8.70. The van der Waals surface area contributed by atoms with Gasteiger partial charge in [-0.25, -0.2) is 14.0 Å². The number of aromatic nitrogens is 2. The van der Waals surface area contributed by atoms with E-state index in [1.807, 2.05) is 37.3 Å². The third kappa shape index (κ3) is 2.67. The normalized spacial score (nSPS) is 12.4. The van der Waals surface area contributed by atoms with Crippen LogP contribution in [0, 0.1) is 6.92 Å². The molecule has 0 saturated heterocycles. The Labute approximate surface area is 130 Å². The first-order chi connectivity index (χ1) is 9.80. The monoisotopic (exact) mass is 326 g/mol. The third-order valence-corrected chi connectivity index (χ3v) is 7.12. The highest BCUT2D eigenvalue weighted by atomic mass is 35.5. The van der Waals surface area contributed by atoms with Gasteiger partial charge in [0.05, 0.1) is 11.4 Å². The van der Waals surface area contributed by atoms with Gasteiger partial charge < -0.3 is 0 Å². The molecule has 0 aliphatic heterocycles. The molecule has 1 aromatic heterocycles. The van der Waals surface area contributed by atoms with Gasteiger partial charge in [-0.15, -0.1) is 0 Å². The standard InChI is InChI=1S/C14H20ClN4OP/c1-11-13(21(20,17(2)3)18(4)5)14(15)19(16-11)12-9-7-6-8-10-12/h6-10H,1-5H3. The topological polar surface area (TPSA) is 41.4 Å². The van der Waals surface area contributed by atoms with Crippen molar-refractivity contribution in [2.45, 2.75) is 6.92 Å². The minimum atomic E-state index is -2.94. The van der Waals surface area contributed by atoms with Gasteiger partial charge in [-0.3, -0.25) is 4.57 Å². The molecule has 0 fully saturated rings. The largest absolute Gasteiger partial charge is 0.283 e. The summed E-state index contributed by atoms with van der Waals surface area (Å²) in [6, 6.07) is 9.59. The van der Waals surface area contributed by atoms with E-state index in [0.29, 0.717) is 16.2 Å². The molecule has 2 rings (SSSR count). The number of halogens is 1. The van der Waals surface area contributed by atoms with E-state index in [-0.39, 0.29) is 0 Å². The third-order valence-electron chi connectivity index (χ3n) is 3.35. The Bertz CT molecular complexity index is 670. The maximum atomic E-state index is 13.4. The van der Waals surface area contributed by atoms with Gasteiger partial charge >= 0.3 is 0 Å². The summed E-state index contributed by atoms with van der Waals surface area (Å²) in [6.45, 7) is 1.83. The van der Waals surface area contributed by atoms with Gasteiger partial charge in [0, 0.05) is 0 Å². The van der Waals surface area contributed by atoms with Gasteiger partial charge in [0.25, 0.3) is 0 Å². The smallest absolute Gasteiger partial charge is 0.249 e. The molecule has 21 heavy (non-hydrogen) atoms. The second-order valence-electron chi connectivity index (χ2n) is 5.21. The van der Waals surface area contributed by atoms with Crippen LogP contribution >= 0.6 is 19.0 Å². The average Bonchev–Trinajstić information content (AvgIpc) is 2.74. The van der Waals surface area contributed by atoms with Crippen molar-refractivity contribution in [2.75, 3.05) is 28.2 Å². The summed E-state index contributed by atoms with van der Waals surface area (Å²) >= 11 is 6.51. The van der Waals surface area contributed by atoms with Crippen LogP contribution in [-0.4, -0.2) is 47.3 Å². The fraction of sp³-hybridized carbons (Fsp3) is 0.357. The van der Waals surface area contributed by atoms with E-state index < -0.39 is 7.44 Å². The lowest BCUT2D eigenvalue weighted by atomic mass is 10.3. The Hall–Kier alpha value is -1.13. The lowest BCUT2D eigenvalue weighted by Gasteiger charge is -2.30. The number of rotatable bonds is 4. The Morgan fingerprint density at radius 1 is 1.10 bits per heavy atom. The van der Waals surface area contributed by atoms with Gasteiger partial charge in [0.2, 0.25) is 7.44 Å². The predicted molar refractivity (Wildman–Crippen MR) is 87.9 cm³/mol. The van der Waals surface area contributed by atoms with Crippen molar-refractivity contribution in [1.29, 1.82) is 0 Å². The molecule has 0 unspecified atom stereocenters. The van der Waals surface area contributed by atoms with Crippen molar-refractivity contribution >= 4 is 24.3 Å². The molecule has 5 nitrogen and oxygen atoms in total. The summed E-state index contributed by atoms with van der Waals surface area (Å²) in [5, 5.41) is 5.45. The van der Waals surface area contributed by atoms with Crippen LogP contribution < -0.4 is 5.30 Å². The summed E-state index contributed by atoms with van der Waals surface area (Å²) < 4.78 is 18.5. The van der Waals surface area contributed by atoms with Crippen LogP contribution in [0.15, 0.2) is 30.3 Å². The van der Waals surface area contributed by atoms with Crippen LogP contribution in [0.3, 0.4) is 0 Å². The van der Waals surface area contributed by atoms with Crippen LogP contribution in [0.4, 0.5) is 0 Å². The molecule has 0 spiro atoms. The number of aryl methyl sites for hydroxylation is 1. The fourth-order valence-electron chi connectivity index (χ4n) is 2.32. The van der Waals surface area contributed by atoms with Crippen LogP contribution in [0.2, 0.25) is 5.15 Å². The summed E-state index contributed by atoms with van der Waals surface area (Å²) in [7, 11) is 4.21. The van der Waals surface area contributed by atoms with Crippen LogP contribution in [-0.2, 0) is 4.57 Å². The molecule has 114 valence electrons. The zero-order valence-corrected chi connectivity index (χ0v) is 14.6. The van der Waals surface area contributed by atoms with Crippen molar-refractivity contribution in [2.24, 2.45) is 0 Å². The summed E-state index contributed by atoms with van der Waals surface area (Å²) in [5.41, 5.74) is 1.52. The Kier molecular flexibility index (Phi) is 4.59. The van der Waals surface area contributed by atoms with Crippen LogP contribution in [0.25, 0.3) is 5.69 Å². The van der Waals surface area contributed by atoms with Gasteiger partial charge in [-0.1, -0.05) is 29.8 Å². The maximum absolute atomic E-state index is 13.4. The number of para-hydroxylation sites is 1. The summed E-state index contributed by atoms with van der Waals surface area (Å²) in [4.78, 5) is 0. The zero-order valence-electron chi connectivity index (χ0n) is 12.9. The lowest BCUT2D eigenvalue weighted by molar-refractivity contribution is 0.460. The van der Waals surface area contributed by atoms with Gasteiger partial charge in [-0.05, 0) is 47.2 Å². The fourth-order valence-corrected chi connectivity index (χ4v) is 5.24. The molecule has 0 N–H and O–H groups in total. The highest BCUT2D eigenvalue weighted by Gasteiger charge is 2.37. The molecule has 1 aromatic carbocycles. The van der Waals surface area contributed by atoms with Gasteiger partial charge in [-0.2, -0.15) is 5.10 Å². The lowest BCUT2D eigenvalue weighted by Crippen LogP contribution is -2.30. The number of hydrogen-bond donors (Lipinski definition) is 0. The highest BCUT2D eigenvalue weighted by Crippen LogP contribution is 2.50. The molecule has 0 aliphatic rings. The van der Waals surface area contributed by atoms with E-state index in [9.17, 15) is 4.57 Å². The highest BCUT2D eigenvalue weighted by molar-refractivity contribution is 7.67. The van der Waals surface area contributed by atoms with E-state index in [2.05, 4.69) is 5.10 Å². The van der Waals surface area contributed by atoms with E-state index in [1.54, 1.807) is 42.2 Å². The first-order valence-corrected chi connectivity index (χ1v) is 8.56. The SMILES string of the molecule is Cc1nn(-c2ccccc2)c(Cl)c1P(=O)(N(C)C)N(C)C. The maximum Gasteiger partial charge on any atom is 0.249 e. The molecule has 7 heteroatoms. The van der Waals surface area contributed by atoms with Crippen molar-refractivity contribution in [3.05, 3.63) is 41.2 Å². The molecule has 0 amide bonds.